The molecule has 6 heteroatoms. The molecule has 1 saturated carbocycles. The molecule has 0 bridgehead atoms. The molecule has 1 aromatic rings. The summed E-state index contributed by atoms with van der Waals surface area (Å²) in [6.07, 6.45) is 8.51. The van der Waals surface area contributed by atoms with Crippen LogP contribution in [0.5, 0.6) is 0 Å². The van der Waals surface area contributed by atoms with Crippen molar-refractivity contribution in [3.05, 3.63) is 23.9 Å². The summed E-state index contributed by atoms with van der Waals surface area (Å²) in [4.78, 5) is 14.2. The van der Waals surface area contributed by atoms with Gasteiger partial charge in [0.15, 0.2) is 5.96 Å². The first-order valence-electron chi connectivity index (χ1n) is 10.2. The zero-order valence-electron chi connectivity index (χ0n) is 16.4. The Morgan fingerprint density at radius 2 is 1.92 bits per heavy atom. The fraction of sp³-hybridized carbons (Fsp3) is 0.700. The van der Waals surface area contributed by atoms with E-state index in [1.54, 1.807) is 0 Å². The van der Waals surface area contributed by atoms with Crippen LogP contribution >= 0.6 is 0 Å². The van der Waals surface area contributed by atoms with Gasteiger partial charge in [0.25, 0.3) is 0 Å². The molecule has 0 unspecified atom stereocenters. The van der Waals surface area contributed by atoms with Gasteiger partial charge >= 0.3 is 0 Å². The minimum Gasteiger partial charge on any atom is -0.357 e. The minimum atomic E-state index is 0.569. The summed E-state index contributed by atoms with van der Waals surface area (Å²) in [5, 5.41) is 6.97. The second-order valence-corrected chi connectivity index (χ2v) is 7.49. The quantitative estimate of drug-likeness (QED) is 0.624. The molecule has 0 atom stereocenters. The Morgan fingerprint density at radius 3 is 2.58 bits per heavy atom. The molecule has 0 spiro atoms. The summed E-state index contributed by atoms with van der Waals surface area (Å²) < 4.78 is 0. The van der Waals surface area contributed by atoms with Gasteiger partial charge in [-0.2, -0.15) is 0 Å². The number of guanidine groups is 1. The standard InChI is InChI=1S/C20H34N6/c1-3-21-20(24-18-7-5-4-6-8-18)23-16-17-9-10-19(22-15-17)26-13-11-25(2)12-14-26/h9-10,15,18H,3-8,11-14,16H2,1-2H3,(H2,21,23,24). The Bertz CT molecular complexity index is 556. The van der Waals surface area contributed by atoms with Gasteiger partial charge in [0.1, 0.15) is 5.82 Å². The summed E-state index contributed by atoms with van der Waals surface area (Å²) in [5.41, 5.74) is 1.16. The average Bonchev–Trinajstić information content (AvgIpc) is 2.68. The Balaban J connectivity index is 1.55. The highest BCUT2D eigenvalue weighted by Gasteiger charge is 2.16. The van der Waals surface area contributed by atoms with Crippen LogP contribution in [0.4, 0.5) is 5.82 Å². The van der Waals surface area contributed by atoms with E-state index >= 15 is 0 Å². The van der Waals surface area contributed by atoms with Crippen LogP contribution in [0.2, 0.25) is 0 Å². The lowest BCUT2D eigenvalue weighted by molar-refractivity contribution is 0.312. The molecule has 1 aromatic heterocycles. The van der Waals surface area contributed by atoms with E-state index in [-0.39, 0.29) is 0 Å². The topological polar surface area (TPSA) is 55.8 Å². The Morgan fingerprint density at radius 1 is 1.15 bits per heavy atom. The van der Waals surface area contributed by atoms with Crippen molar-refractivity contribution in [2.45, 2.75) is 51.6 Å². The zero-order valence-corrected chi connectivity index (χ0v) is 16.4. The highest BCUT2D eigenvalue weighted by molar-refractivity contribution is 5.80. The normalized spacial score (nSPS) is 20.2. The number of likely N-dealkylation sites (N-methyl/N-ethyl adjacent to an activating group) is 1. The summed E-state index contributed by atoms with van der Waals surface area (Å²) in [7, 11) is 2.18. The van der Waals surface area contributed by atoms with Crippen molar-refractivity contribution in [2.24, 2.45) is 4.99 Å². The van der Waals surface area contributed by atoms with Crippen molar-refractivity contribution < 1.29 is 0 Å². The minimum absolute atomic E-state index is 0.569. The molecule has 2 N–H and O–H groups in total. The number of nitrogens with zero attached hydrogens (tertiary/aromatic N) is 4. The number of nitrogens with one attached hydrogen (secondary N) is 2. The molecule has 1 aliphatic heterocycles. The third-order valence-electron chi connectivity index (χ3n) is 5.35. The third kappa shape index (κ3) is 5.59. The molecular weight excluding hydrogens is 324 g/mol. The van der Waals surface area contributed by atoms with Gasteiger partial charge in [-0.15, -0.1) is 0 Å². The van der Waals surface area contributed by atoms with Gasteiger partial charge in [0, 0.05) is 45.0 Å². The highest BCUT2D eigenvalue weighted by atomic mass is 15.3. The molecule has 2 fully saturated rings. The molecule has 0 aromatic carbocycles. The van der Waals surface area contributed by atoms with E-state index in [9.17, 15) is 0 Å². The van der Waals surface area contributed by atoms with Gasteiger partial charge in [0.05, 0.1) is 6.54 Å². The number of aromatic nitrogens is 1. The average molecular weight is 359 g/mol. The monoisotopic (exact) mass is 358 g/mol. The van der Waals surface area contributed by atoms with Crippen LogP contribution in [0.1, 0.15) is 44.6 Å². The molecule has 1 saturated heterocycles. The summed E-state index contributed by atoms with van der Waals surface area (Å²) >= 11 is 0. The molecule has 0 radical (unpaired) electrons. The first-order valence-corrected chi connectivity index (χ1v) is 10.2. The van der Waals surface area contributed by atoms with Gasteiger partial charge in [-0.05, 0) is 38.4 Å². The maximum atomic E-state index is 4.76. The highest BCUT2D eigenvalue weighted by Crippen LogP contribution is 2.17. The van der Waals surface area contributed by atoms with Gasteiger partial charge in [0.2, 0.25) is 0 Å². The summed E-state index contributed by atoms with van der Waals surface area (Å²) in [6, 6.07) is 4.87. The second kappa shape index (κ2) is 9.76. The fourth-order valence-electron chi connectivity index (χ4n) is 3.66. The number of piperazine rings is 1. The fourth-order valence-corrected chi connectivity index (χ4v) is 3.66. The largest absolute Gasteiger partial charge is 0.357 e. The maximum absolute atomic E-state index is 4.76. The first-order chi connectivity index (χ1) is 12.7. The number of hydrogen-bond donors (Lipinski definition) is 2. The van der Waals surface area contributed by atoms with Crippen molar-refractivity contribution in [2.75, 3.05) is 44.7 Å². The van der Waals surface area contributed by atoms with Crippen LogP contribution in [0, 0.1) is 0 Å². The lowest BCUT2D eigenvalue weighted by atomic mass is 9.96. The molecule has 2 heterocycles. The molecule has 26 heavy (non-hydrogen) atoms. The van der Waals surface area contributed by atoms with E-state index in [1.165, 1.54) is 32.1 Å². The maximum Gasteiger partial charge on any atom is 0.191 e. The third-order valence-corrected chi connectivity index (χ3v) is 5.35. The number of rotatable bonds is 5. The van der Waals surface area contributed by atoms with Crippen molar-refractivity contribution in [1.29, 1.82) is 0 Å². The van der Waals surface area contributed by atoms with E-state index < -0.39 is 0 Å². The molecule has 1 aliphatic carbocycles. The zero-order chi connectivity index (χ0) is 18.2. The number of anilines is 1. The first kappa shape index (κ1) is 19.0. The van der Waals surface area contributed by atoms with Gasteiger partial charge in [-0.3, -0.25) is 0 Å². The van der Waals surface area contributed by atoms with Crippen LogP contribution in [0.25, 0.3) is 0 Å². The van der Waals surface area contributed by atoms with Crippen LogP contribution in [0.3, 0.4) is 0 Å². The van der Waals surface area contributed by atoms with Crippen molar-refractivity contribution in [1.82, 2.24) is 20.5 Å². The number of hydrogen-bond acceptors (Lipinski definition) is 4. The predicted octanol–water partition coefficient (Wildman–Crippen LogP) is 2.22. The van der Waals surface area contributed by atoms with E-state index in [0.29, 0.717) is 12.6 Å². The SMILES string of the molecule is CCNC(=NCc1ccc(N2CCN(C)CC2)nc1)NC1CCCCC1. The molecule has 3 rings (SSSR count). The summed E-state index contributed by atoms with van der Waals surface area (Å²) in [6.45, 7) is 7.98. The van der Waals surface area contributed by atoms with E-state index in [2.05, 4.69) is 51.5 Å². The van der Waals surface area contributed by atoms with Crippen LogP contribution in [-0.2, 0) is 6.54 Å². The summed E-state index contributed by atoms with van der Waals surface area (Å²) in [5.74, 6) is 2.01. The Labute approximate surface area is 158 Å². The van der Waals surface area contributed by atoms with Crippen molar-refractivity contribution in [3.63, 3.8) is 0 Å². The van der Waals surface area contributed by atoms with Gasteiger partial charge in [-0.1, -0.05) is 25.3 Å². The van der Waals surface area contributed by atoms with Gasteiger partial charge < -0.3 is 20.4 Å². The molecule has 2 aliphatic rings. The molecule has 0 amide bonds. The predicted molar refractivity (Wildman–Crippen MR) is 109 cm³/mol. The van der Waals surface area contributed by atoms with Crippen LogP contribution < -0.4 is 15.5 Å². The van der Waals surface area contributed by atoms with Crippen LogP contribution in [-0.4, -0.2) is 61.7 Å². The number of aliphatic imine (C=N–C) groups is 1. The Hall–Kier alpha value is -1.82. The smallest absolute Gasteiger partial charge is 0.191 e. The van der Waals surface area contributed by atoms with Crippen LogP contribution in [0.15, 0.2) is 23.3 Å². The van der Waals surface area contributed by atoms with E-state index in [4.69, 9.17) is 4.99 Å². The van der Waals surface area contributed by atoms with Crippen molar-refractivity contribution in [3.8, 4) is 0 Å². The molecular formula is C20H34N6. The van der Waals surface area contributed by atoms with Gasteiger partial charge in [-0.25, -0.2) is 9.98 Å². The molecule has 144 valence electrons. The van der Waals surface area contributed by atoms with E-state index in [0.717, 1.165) is 50.1 Å². The molecule has 6 nitrogen and oxygen atoms in total. The van der Waals surface area contributed by atoms with E-state index in [1.807, 2.05) is 6.20 Å². The number of pyridine rings is 1. The second-order valence-electron chi connectivity index (χ2n) is 7.49. The lowest BCUT2D eigenvalue weighted by Crippen LogP contribution is -2.44. The van der Waals surface area contributed by atoms with Crippen molar-refractivity contribution >= 4 is 11.8 Å². The lowest BCUT2D eigenvalue weighted by Gasteiger charge is -2.33. The Kier molecular flexibility index (Phi) is 7.12.